The minimum absolute atomic E-state index is 0.137. The molecule has 0 aliphatic carbocycles. The number of nitrogens with zero attached hydrogens (tertiary/aromatic N) is 4. The summed E-state index contributed by atoms with van der Waals surface area (Å²) >= 11 is 0. The van der Waals surface area contributed by atoms with Gasteiger partial charge in [-0.05, 0) is 48.4 Å². The molecular weight excluding hydrogens is 352 g/mol. The van der Waals surface area contributed by atoms with Gasteiger partial charge < -0.3 is 9.80 Å². The second kappa shape index (κ2) is 8.09. The number of carbonyl (C=O) groups excluding carboxylic acids is 2. The maximum atomic E-state index is 12.6. The predicted octanol–water partition coefficient (Wildman–Crippen LogP) is 2.45. The highest BCUT2D eigenvalue weighted by molar-refractivity contribution is 5.79. The number of rotatable bonds is 4. The van der Waals surface area contributed by atoms with Crippen molar-refractivity contribution < 1.29 is 9.59 Å². The van der Waals surface area contributed by atoms with Crippen LogP contribution in [0.15, 0.2) is 48.9 Å². The molecule has 2 aromatic rings. The summed E-state index contributed by atoms with van der Waals surface area (Å²) in [6, 6.07) is 9.59. The zero-order valence-electron chi connectivity index (χ0n) is 16.1. The third-order valence-electron chi connectivity index (χ3n) is 6.08. The molecule has 0 bridgehead atoms. The lowest BCUT2D eigenvalue weighted by atomic mass is 9.72. The van der Waals surface area contributed by atoms with E-state index in [0.29, 0.717) is 19.4 Å². The molecule has 2 aliphatic heterocycles. The van der Waals surface area contributed by atoms with E-state index in [1.165, 1.54) is 0 Å². The second-order valence-corrected chi connectivity index (χ2v) is 7.99. The Kier molecular flexibility index (Phi) is 5.37. The van der Waals surface area contributed by atoms with Gasteiger partial charge in [0.1, 0.15) is 0 Å². The van der Waals surface area contributed by atoms with Gasteiger partial charge in [-0.15, -0.1) is 0 Å². The maximum Gasteiger partial charge on any atom is 0.228 e. The van der Waals surface area contributed by atoms with Gasteiger partial charge in [-0.3, -0.25) is 19.6 Å². The lowest BCUT2D eigenvalue weighted by Crippen LogP contribution is -2.52. The van der Waals surface area contributed by atoms with Gasteiger partial charge in [0.15, 0.2) is 0 Å². The highest BCUT2D eigenvalue weighted by Gasteiger charge is 2.41. The summed E-state index contributed by atoms with van der Waals surface area (Å²) in [4.78, 5) is 37.4. The van der Waals surface area contributed by atoms with Crippen molar-refractivity contribution in [2.45, 2.75) is 38.6 Å². The molecule has 4 rings (SSSR count). The van der Waals surface area contributed by atoms with E-state index in [-0.39, 0.29) is 17.2 Å². The average Bonchev–Trinajstić information content (AvgIpc) is 2.73. The number of piperidine rings is 2. The normalized spacial score (nSPS) is 19.1. The van der Waals surface area contributed by atoms with Gasteiger partial charge in [-0.1, -0.05) is 12.1 Å². The van der Waals surface area contributed by atoms with Crippen molar-refractivity contribution in [3.05, 3.63) is 60.2 Å². The SMILES string of the molecule is O=C(Cc1ccccn1)N1CCC2(CCC(=O)N(Cc3cccnc3)C2)CC1. The molecule has 6 nitrogen and oxygen atoms in total. The van der Waals surface area contributed by atoms with Crippen LogP contribution in [0, 0.1) is 5.41 Å². The van der Waals surface area contributed by atoms with Gasteiger partial charge in [0.2, 0.25) is 11.8 Å². The van der Waals surface area contributed by atoms with Crippen molar-refractivity contribution >= 4 is 11.8 Å². The van der Waals surface area contributed by atoms with E-state index >= 15 is 0 Å². The Morgan fingerprint density at radius 3 is 2.64 bits per heavy atom. The first-order chi connectivity index (χ1) is 13.6. The Balaban J connectivity index is 1.35. The summed E-state index contributed by atoms with van der Waals surface area (Å²) in [7, 11) is 0. The molecule has 0 atom stereocenters. The van der Waals surface area contributed by atoms with E-state index in [1.54, 1.807) is 12.4 Å². The second-order valence-electron chi connectivity index (χ2n) is 7.99. The molecule has 4 heterocycles. The quantitative estimate of drug-likeness (QED) is 0.820. The highest BCUT2D eigenvalue weighted by Crippen LogP contribution is 2.40. The molecule has 0 N–H and O–H groups in total. The van der Waals surface area contributed by atoms with E-state index in [9.17, 15) is 9.59 Å². The molecule has 146 valence electrons. The molecule has 0 aromatic carbocycles. The maximum absolute atomic E-state index is 12.6. The Labute approximate surface area is 165 Å². The average molecular weight is 378 g/mol. The van der Waals surface area contributed by atoms with Gasteiger partial charge >= 0.3 is 0 Å². The van der Waals surface area contributed by atoms with Gasteiger partial charge in [0.05, 0.1) is 6.42 Å². The van der Waals surface area contributed by atoms with E-state index in [2.05, 4.69) is 9.97 Å². The van der Waals surface area contributed by atoms with Gasteiger partial charge in [0, 0.05) is 56.9 Å². The zero-order chi connectivity index (χ0) is 19.4. The van der Waals surface area contributed by atoms with Crippen molar-refractivity contribution in [2.24, 2.45) is 5.41 Å². The smallest absolute Gasteiger partial charge is 0.228 e. The van der Waals surface area contributed by atoms with Crippen LogP contribution in [0.4, 0.5) is 0 Å². The Hall–Kier alpha value is -2.76. The number of hydrogen-bond acceptors (Lipinski definition) is 4. The fourth-order valence-electron chi connectivity index (χ4n) is 4.37. The topological polar surface area (TPSA) is 66.4 Å². The van der Waals surface area contributed by atoms with Gasteiger partial charge in [-0.2, -0.15) is 0 Å². The van der Waals surface area contributed by atoms with Crippen LogP contribution in [0.5, 0.6) is 0 Å². The largest absolute Gasteiger partial charge is 0.342 e. The van der Waals surface area contributed by atoms with Crippen LogP contribution in [-0.4, -0.2) is 51.2 Å². The highest BCUT2D eigenvalue weighted by atomic mass is 16.2. The van der Waals surface area contributed by atoms with E-state index < -0.39 is 0 Å². The van der Waals surface area contributed by atoms with Crippen LogP contribution in [0.3, 0.4) is 0 Å². The van der Waals surface area contributed by atoms with Gasteiger partial charge in [0.25, 0.3) is 0 Å². The fourth-order valence-corrected chi connectivity index (χ4v) is 4.37. The molecule has 1 spiro atoms. The van der Waals surface area contributed by atoms with Crippen LogP contribution in [-0.2, 0) is 22.6 Å². The summed E-state index contributed by atoms with van der Waals surface area (Å²) in [6.45, 7) is 2.93. The zero-order valence-corrected chi connectivity index (χ0v) is 16.1. The van der Waals surface area contributed by atoms with Crippen LogP contribution >= 0.6 is 0 Å². The van der Waals surface area contributed by atoms with Crippen LogP contribution in [0.1, 0.15) is 36.9 Å². The summed E-state index contributed by atoms with van der Waals surface area (Å²) in [5.74, 6) is 0.371. The molecule has 0 unspecified atom stereocenters. The molecule has 0 radical (unpaired) electrons. The summed E-state index contributed by atoms with van der Waals surface area (Å²) in [6.07, 6.45) is 9.10. The van der Waals surface area contributed by atoms with Crippen molar-refractivity contribution in [1.29, 1.82) is 0 Å². The Morgan fingerprint density at radius 1 is 1.07 bits per heavy atom. The molecule has 2 amide bonds. The number of hydrogen-bond donors (Lipinski definition) is 0. The predicted molar refractivity (Wildman–Crippen MR) is 105 cm³/mol. The number of aromatic nitrogens is 2. The molecule has 2 aliphatic rings. The van der Waals surface area contributed by atoms with Crippen molar-refractivity contribution in [3.63, 3.8) is 0 Å². The van der Waals surface area contributed by atoms with Crippen LogP contribution in [0.25, 0.3) is 0 Å². The number of carbonyl (C=O) groups is 2. The summed E-state index contributed by atoms with van der Waals surface area (Å²) in [5.41, 5.74) is 2.02. The van der Waals surface area contributed by atoms with Crippen molar-refractivity contribution in [1.82, 2.24) is 19.8 Å². The van der Waals surface area contributed by atoms with Crippen molar-refractivity contribution in [3.8, 4) is 0 Å². The number of amides is 2. The first-order valence-corrected chi connectivity index (χ1v) is 9.98. The first-order valence-electron chi connectivity index (χ1n) is 9.98. The summed E-state index contributed by atoms with van der Waals surface area (Å²) < 4.78 is 0. The standard InChI is InChI=1S/C22H26N4O2/c27-20-6-7-22(17-26(20)16-18-4-3-10-23-15-18)8-12-25(13-9-22)21(28)14-19-5-1-2-11-24-19/h1-5,10-11,15H,6-9,12-14,16-17H2. The Morgan fingerprint density at radius 2 is 1.93 bits per heavy atom. The van der Waals surface area contributed by atoms with E-state index in [0.717, 1.165) is 50.2 Å². The van der Waals surface area contributed by atoms with E-state index in [1.807, 2.05) is 46.3 Å². The lowest BCUT2D eigenvalue weighted by Gasteiger charge is -2.47. The molecule has 28 heavy (non-hydrogen) atoms. The minimum Gasteiger partial charge on any atom is -0.342 e. The molecule has 2 fully saturated rings. The lowest BCUT2D eigenvalue weighted by molar-refractivity contribution is -0.143. The third kappa shape index (κ3) is 4.21. The van der Waals surface area contributed by atoms with Crippen LogP contribution in [0.2, 0.25) is 0 Å². The van der Waals surface area contributed by atoms with Gasteiger partial charge in [-0.25, -0.2) is 0 Å². The molecule has 2 saturated heterocycles. The number of likely N-dealkylation sites (tertiary alicyclic amines) is 2. The number of pyridine rings is 2. The fraction of sp³-hybridized carbons (Fsp3) is 0.455. The third-order valence-corrected chi connectivity index (χ3v) is 6.08. The molecule has 0 saturated carbocycles. The van der Waals surface area contributed by atoms with Crippen molar-refractivity contribution in [2.75, 3.05) is 19.6 Å². The Bertz CT molecular complexity index is 817. The van der Waals surface area contributed by atoms with E-state index in [4.69, 9.17) is 0 Å². The van der Waals surface area contributed by atoms with Crippen LogP contribution < -0.4 is 0 Å². The molecule has 6 heteroatoms. The molecule has 2 aromatic heterocycles. The monoisotopic (exact) mass is 378 g/mol. The molecular formula is C22H26N4O2. The minimum atomic E-state index is 0.137. The summed E-state index contributed by atoms with van der Waals surface area (Å²) in [5, 5.41) is 0. The first kappa shape index (κ1) is 18.6.